The van der Waals surface area contributed by atoms with E-state index in [0.717, 1.165) is 19.3 Å². The molecule has 1 aromatic heterocycles. The molecule has 4 rings (SSSR count). The van der Waals surface area contributed by atoms with Crippen LogP contribution in [0.3, 0.4) is 0 Å². The van der Waals surface area contributed by atoms with Crippen LogP contribution in [0.5, 0.6) is 0 Å². The largest absolute Gasteiger partial charge is 0.459 e. The second-order valence-electron chi connectivity index (χ2n) is 7.26. The van der Waals surface area contributed by atoms with Crippen molar-refractivity contribution in [2.45, 2.75) is 25.3 Å². The first kappa shape index (κ1) is 17.8. The van der Waals surface area contributed by atoms with Gasteiger partial charge in [-0.15, -0.1) is 0 Å². The molecule has 1 aromatic carbocycles. The Bertz CT molecular complexity index is 795. The molecule has 1 aliphatic carbocycles. The molecule has 1 aliphatic heterocycles. The lowest BCUT2D eigenvalue weighted by Crippen LogP contribution is -2.51. The molecule has 0 spiro atoms. The maximum absolute atomic E-state index is 12.5. The van der Waals surface area contributed by atoms with Crippen LogP contribution in [0, 0.1) is 0 Å². The highest BCUT2D eigenvalue weighted by Crippen LogP contribution is 2.29. The number of aryl methyl sites for hydroxylation is 1. The number of furan rings is 1. The number of rotatable bonds is 4. The molecule has 0 bridgehead atoms. The van der Waals surface area contributed by atoms with Crippen molar-refractivity contribution in [1.82, 2.24) is 15.1 Å². The van der Waals surface area contributed by atoms with Gasteiger partial charge in [-0.25, -0.2) is 0 Å². The first-order chi connectivity index (χ1) is 13.2. The summed E-state index contributed by atoms with van der Waals surface area (Å²) in [5, 5.41) is 3.20. The van der Waals surface area contributed by atoms with E-state index in [2.05, 4.69) is 28.4 Å². The lowest BCUT2D eigenvalue weighted by molar-refractivity contribution is -0.123. The molecule has 27 heavy (non-hydrogen) atoms. The third-order valence-corrected chi connectivity index (χ3v) is 5.46. The van der Waals surface area contributed by atoms with Gasteiger partial charge in [0.2, 0.25) is 5.91 Å². The number of nitrogens with zero attached hydrogens (tertiary/aromatic N) is 2. The molecule has 1 atom stereocenters. The quantitative estimate of drug-likeness (QED) is 0.900. The SMILES string of the molecule is O=C(CN1CCN(C(=O)c2ccco2)CC1)N[C@@H]1CCCc2ccccc21. The number of piperazine rings is 1. The van der Waals surface area contributed by atoms with Crippen molar-refractivity contribution in [1.29, 1.82) is 0 Å². The van der Waals surface area contributed by atoms with Gasteiger partial charge in [-0.05, 0) is 42.5 Å². The van der Waals surface area contributed by atoms with Gasteiger partial charge >= 0.3 is 0 Å². The van der Waals surface area contributed by atoms with Crippen LogP contribution in [0.15, 0.2) is 47.1 Å². The third-order valence-electron chi connectivity index (χ3n) is 5.46. The van der Waals surface area contributed by atoms with Gasteiger partial charge in [-0.1, -0.05) is 24.3 Å². The Labute approximate surface area is 159 Å². The van der Waals surface area contributed by atoms with Crippen molar-refractivity contribution in [3.05, 3.63) is 59.5 Å². The molecule has 6 nitrogen and oxygen atoms in total. The maximum Gasteiger partial charge on any atom is 0.289 e. The smallest absolute Gasteiger partial charge is 0.289 e. The Balaban J connectivity index is 1.27. The summed E-state index contributed by atoms with van der Waals surface area (Å²) in [7, 11) is 0. The van der Waals surface area contributed by atoms with E-state index in [4.69, 9.17) is 4.42 Å². The van der Waals surface area contributed by atoms with E-state index in [9.17, 15) is 9.59 Å². The average molecular weight is 367 g/mol. The van der Waals surface area contributed by atoms with Crippen LogP contribution in [0.2, 0.25) is 0 Å². The molecule has 0 radical (unpaired) electrons. The van der Waals surface area contributed by atoms with Crippen LogP contribution in [-0.2, 0) is 11.2 Å². The van der Waals surface area contributed by atoms with Gasteiger partial charge in [0.25, 0.3) is 5.91 Å². The molecule has 0 unspecified atom stereocenters. The van der Waals surface area contributed by atoms with Crippen molar-refractivity contribution in [2.24, 2.45) is 0 Å². The fraction of sp³-hybridized carbons (Fsp3) is 0.429. The Hall–Kier alpha value is -2.60. The number of carbonyl (C=O) groups is 2. The van der Waals surface area contributed by atoms with Crippen molar-refractivity contribution in [3.8, 4) is 0 Å². The number of hydrogen-bond donors (Lipinski definition) is 1. The van der Waals surface area contributed by atoms with Gasteiger partial charge in [-0.2, -0.15) is 0 Å². The van der Waals surface area contributed by atoms with Crippen LogP contribution < -0.4 is 5.32 Å². The summed E-state index contributed by atoms with van der Waals surface area (Å²) in [6.45, 7) is 2.99. The van der Waals surface area contributed by atoms with Crippen LogP contribution in [0.1, 0.15) is 40.6 Å². The minimum Gasteiger partial charge on any atom is -0.459 e. The first-order valence-electron chi connectivity index (χ1n) is 9.63. The van der Waals surface area contributed by atoms with E-state index in [-0.39, 0.29) is 17.9 Å². The Morgan fingerprint density at radius 2 is 1.89 bits per heavy atom. The molecular formula is C21H25N3O3. The van der Waals surface area contributed by atoms with Crippen molar-refractivity contribution in [2.75, 3.05) is 32.7 Å². The molecule has 2 aromatic rings. The van der Waals surface area contributed by atoms with Crippen LogP contribution in [0.4, 0.5) is 0 Å². The summed E-state index contributed by atoms with van der Waals surface area (Å²) in [5.41, 5.74) is 2.60. The molecule has 1 fully saturated rings. The number of fused-ring (bicyclic) bond motifs is 1. The van der Waals surface area contributed by atoms with Gasteiger partial charge in [-0.3, -0.25) is 14.5 Å². The average Bonchev–Trinajstić information content (AvgIpc) is 3.23. The summed E-state index contributed by atoms with van der Waals surface area (Å²) >= 11 is 0. The number of amides is 2. The van der Waals surface area contributed by atoms with E-state index in [1.54, 1.807) is 17.0 Å². The summed E-state index contributed by atoms with van der Waals surface area (Å²) in [5.74, 6) is 0.350. The van der Waals surface area contributed by atoms with Crippen molar-refractivity contribution in [3.63, 3.8) is 0 Å². The first-order valence-corrected chi connectivity index (χ1v) is 9.63. The summed E-state index contributed by atoms with van der Waals surface area (Å²) < 4.78 is 5.18. The van der Waals surface area contributed by atoms with E-state index >= 15 is 0 Å². The van der Waals surface area contributed by atoms with E-state index in [1.807, 2.05) is 6.07 Å². The number of benzene rings is 1. The van der Waals surface area contributed by atoms with E-state index in [0.29, 0.717) is 38.5 Å². The standard InChI is InChI=1S/C21H25N3O3/c25-20(22-18-8-3-6-16-5-1-2-7-17(16)18)15-23-10-12-24(13-11-23)21(26)19-9-4-14-27-19/h1-2,4-5,7,9,14,18H,3,6,8,10-13,15H2,(H,22,25)/t18-/m1/s1. The van der Waals surface area contributed by atoms with Crippen LogP contribution in [-0.4, -0.2) is 54.3 Å². The minimum absolute atomic E-state index is 0.0579. The minimum atomic E-state index is -0.0806. The molecule has 1 N–H and O–H groups in total. The lowest BCUT2D eigenvalue weighted by atomic mass is 9.88. The Morgan fingerprint density at radius 3 is 2.67 bits per heavy atom. The normalized spacial score (nSPS) is 20.1. The second kappa shape index (κ2) is 7.96. The Kier molecular flexibility index (Phi) is 5.25. The summed E-state index contributed by atoms with van der Waals surface area (Å²) in [6.07, 6.45) is 4.70. The number of hydrogen-bond acceptors (Lipinski definition) is 4. The lowest BCUT2D eigenvalue weighted by Gasteiger charge is -2.34. The molecule has 0 saturated carbocycles. The topological polar surface area (TPSA) is 65.8 Å². The van der Waals surface area contributed by atoms with E-state index in [1.165, 1.54) is 17.4 Å². The van der Waals surface area contributed by atoms with Gasteiger partial charge in [0.05, 0.1) is 18.8 Å². The maximum atomic E-state index is 12.5. The number of nitrogens with one attached hydrogen (secondary N) is 1. The van der Waals surface area contributed by atoms with Gasteiger partial charge in [0.1, 0.15) is 0 Å². The van der Waals surface area contributed by atoms with Gasteiger partial charge < -0.3 is 14.6 Å². The van der Waals surface area contributed by atoms with Gasteiger partial charge in [0.15, 0.2) is 5.76 Å². The zero-order chi connectivity index (χ0) is 18.6. The second-order valence-corrected chi connectivity index (χ2v) is 7.26. The highest BCUT2D eigenvalue weighted by atomic mass is 16.3. The molecule has 1 saturated heterocycles. The number of carbonyl (C=O) groups excluding carboxylic acids is 2. The predicted octanol–water partition coefficient (Wildman–Crippen LogP) is 2.23. The van der Waals surface area contributed by atoms with Crippen molar-refractivity contribution >= 4 is 11.8 Å². The fourth-order valence-corrected chi connectivity index (χ4v) is 4.01. The zero-order valence-corrected chi connectivity index (χ0v) is 15.4. The summed E-state index contributed by atoms with van der Waals surface area (Å²) in [6, 6.07) is 11.9. The molecule has 2 amide bonds. The van der Waals surface area contributed by atoms with Crippen molar-refractivity contribution < 1.29 is 14.0 Å². The molecule has 2 aliphatic rings. The fourth-order valence-electron chi connectivity index (χ4n) is 4.01. The molecule has 142 valence electrons. The summed E-state index contributed by atoms with van der Waals surface area (Å²) in [4.78, 5) is 28.7. The van der Waals surface area contributed by atoms with Gasteiger partial charge in [0, 0.05) is 26.2 Å². The van der Waals surface area contributed by atoms with Crippen LogP contribution in [0.25, 0.3) is 0 Å². The van der Waals surface area contributed by atoms with E-state index < -0.39 is 0 Å². The monoisotopic (exact) mass is 367 g/mol. The molecular weight excluding hydrogens is 342 g/mol. The predicted molar refractivity (Wildman–Crippen MR) is 101 cm³/mol. The highest BCUT2D eigenvalue weighted by molar-refractivity contribution is 5.91. The van der Waals surface area contributed by atoms with Crippen LogP contribution >= 0.6 is 0 Å². The zero-order valence-electron chi connectivity index (χ0n) is 15.4. The molecule has 6 heteroatoms. The molecule has 2 heterocycles. The third kappa shape index (κ3) is 4.06. The Morgan fingerprint density at radius 1 is 1.07 bits per heavy atom. The highest BCUT2D eigenvalue weighted by Gasteiger charge is 2.26.